The third-order valence-corrected chi connectivity index (χ3v) is 4.14. The van der Waals surface area contributed by atoms with E-state index in [0.29, 0.717) is 12.3 Å². The van der Waals surface area contributed by atoms with Gasteiger partial charge in [-0.25, -0.2) is 13.1 Å². The zero-order chi connectivity index (χ0) is 15.9. The van der Waals surface area contributed by atoms with E-state index < -0.39 is 10.0 Å². The van der Waals surface area contributed by atoms with Gasteiger partial charge < -0.3 is 10.1 Å². The standard InChI is InChI=1S/C14H22N2O4S/c1-4-9-15-14(17)10-20-12-5-7-13(8-6-12)21(18,19)16-11(2)3/h5-8,11,16H,4,9-10H2,1-3H3,(H,15,17). The van der Waals surface area contributed by atoms with Gasteiger partial charge in [0, 0.05) is 12.6 Å². The highest BCUT2D eigenvalue weighted by atomic mass is 32.2. The first-order valence-electron chi connectivity index (χ1n) is 6.87. The second kappa shape index (κ2) is 7.99. The summed E-state index contributed by atoms with van der Waals surface area (Å²) >= 11 is 0. The fourth-order valence-corrected chi connectivity index (χ4v) is 2.81. The number of nitrogens with one attached hydrogen (secondary N) is 2. The number of hydrogen-bond donors (Lipinski definition) is 2. The summed E-state index contributed by atoms with van der Waals surface area (Å²) in [7, 11) is -3.50. The first-order chi connectivity index (χ1) is 9.85. The number of sulfonamides is 1. The first kappa shape index (κ1) is 17.5. The van der Waals surface area contributed by atoms with Crippen LogP contribution in [0.2, 0.25) is 0 Å². The minimum Gasteiger partial charge on any atom is -0.484 e. The number of carbonyl (C=O) groups is 1. The van der Waals surface area contributed by atoms with E-state index in [1.165, 1.54) is 24.3 Å². The molecular weight excluding hydrogens is 292 g/mol. The Hall–Kier alpha value is -1.60. The fourth-order valence-electron chi connectivity index (χ4n) is 1.56. The average Bonchev–Trinajstić information content (AvgIpc) is 2.42. The lowest BCUT2D eigenvalue weighted by Gasteiger charge is -2.10. The van der Waals surface area contributed by atoms with Gasteiger partial charge in [0.2, 0.25) is 10.0 Å². The summed E-state index contributed by atoms with van der Waals surface area (Å²) < 4.78 is 31.6. The summed E-state index contributed by atoms with van der Waals surface area (Å²) in [6.45, 7) is 6.00. The van der Waals surface area contributed by atoms with Gasteiger partial charge in [-0.15, -0.1) is 0 Å². The van der Waals surface area contributed by atoms with E-state index in [-0.39, 0.29) is 23.5 Å². The fraction of sp³-hybridized carbons (Fsp3) is 0.500. The summed E-state index contributed by atoms with van der Waals surface area (Å²) in [6.07, 6.45) is 0.862. The van der Waals surface area contributed by atoms with Crippen LogP contribution in [-0.2, 0) is 14.8 Å². The molecular formula is C14H22N2O4S. The Morgan fingerprint density at radius 3 is 2.38 bits per heavy atom. The highest BCUT2D eigenvalue weighted by molar-refractivity contribution is 7.89. The molecule has 0 fully saturated rings. The zero-order valence-corrected chi connectivity index (χ0v) is 13.4. The molecule has 0 unspecified atom stereocenters. The molecule has 0 saturated heterocycles. The zero-order valence-electron chi connectivity index (χ0n) is 12.5. The number of rotatable bonds is 8. The second-order valence-electron chi connectivity index (χ2n) is 4.89. The van der Waals surface area contributed by atoms with Crippen LogP contribution in [0.3, 0.4) is 0 Å². The topological polar surface area (TPSA) is 84.5 Å². The minimum absolute atomic E-state index is 0.0870. The van der Waals surface area contributed by atoms with Crippen molar-refractivity contribution in [1.29, 1.82) is 0 Å². The predicted octanol–water partition coefficient (Wildman–Crippen LogP) is 1.28. The maximum atomic E-state index is 11.9. The minimum atomic E-state index is -3.50. The maximum absolute atomic E-state index is 11.9. The third-order valence-electron chi connectivity index (χ3n) is 2.47. The van der Waals surface area contributed by atoms with E-state index in [4.69, 9.17) is 4.74 Å². The highest BCUT2D eigenvalue weighted by Crippen LogP contribution is 2.16. The van der Waals surface area contributed by atoms with Crippen LogP contribution in [0, 0.1) is 0 Å². The van der Waals surface area contributed by atoms with Crippen molar-refractivity contribution >= 4 is 15.9 Å². The monoisotopic (exact) mass is 314 g/mol. The van der Waals surface area contributed by atoms with Crippen LogP contribution in [-0.4, -0.2) is 33.5 Å². The molecule has 0 bridgehead atoms. The molecule has 0 radical (unpaired) electrons. The molecule has 118 valence electrons. The van der Waals surface area contributed by atoms with Crippen molar-refractivity contribution in [2.24, 2.45) is 0 Å². The van der Waals surface area contributed by atoms with E-state index in [2.05, 4.69) is 10.0 Å². The van der Waals surface area contributed by atoms with Crippen molar-refractivity contribution in [3.05, 3.63) is 24.3 Å². The Kier molecular flexibility index (Phi) is 6.64. The lowest BCUT2D eigenvalue weighted by atomic mass is 10.3. The van der Waals surface area contributed by atoms with Crippen LogP contribution >= 0.6 is 0 Å². The lowest BCUT2D eigenvalue weighted by Crippen LogP contribution is -2.30. The molecule has 0 aliphatic rings. The smallest absolute Gasteiger partial charge is 0.257 e. The molecule has 6 nitrogen and oxygen atoms in total. The number of carbonyl (C=O) groups excluding carboxylic acids is 1. The molecule has 0 heterocycles. The Morgan fingerprint density at radius 2 is 1.86 bits per heavy atom. The lowest BCUT2D eigenvalue weighted by molar-refractivity contribution is -0.123. The van der Waals surface area contributed by atoms with Crippen molar-refractivity contribution in [3.8, 4) is 5.75 Å². The van der Waals surface area contributed by atoms with Gasteiger partial charge in [-0.1, -0.05) is 6.92 Å². The van der Waals surface area contributed by atoms with Gasteiger partial charge in [0.15, 0.2) is 6.61 Å². The van der Waals surface area contributed by atoms with Crippen molar-refractivity contribution in [1.82, 2.24) is 10.0 Å². The van der Waals surface area contributed by atoms with Crippen molar-refractivity contribution in [2.45, 2.75) is 38.1 Å². The van der Waals surface area contributed by atoms with E-state index in [9.17, 15) is 13.2 Å². The Bertz CT molecular complexity index is 553. The van der Waals surface area contributed by atoms with Crippen LogP contribution in [0.1, 0.15) is 27.2 Å². The molecule has 0 aliphatic carbocycles. The van der Waals surface area contributed by atoms with Crippen molar-refractivity contribution in [3.63, 3.8) is 0 Å². The quantitative estimate of drug-likeness (QED) is 0.757. The van der Waals surface area contributed by atoms with Crippen LogP contribution in [0.4, 0.5) is 0 Å². The Morgan fingerprint density at radius 1 is 1.24 bits per heavy atom. The molecule has 1 aromatic carbocycles. The van der Waals surface area contributed by atoms with Gasteiger partial charge in [-0.05, 0) is 44.5 Å². The molecule has 7 heteroatoms. The van der Waals surface area contributed by atoms with E-state index >= 15 is 0 Å². The van der Waals surface area contributed by atoms with E-state index in [1.807, 2.05) is 6.92 Å². The molecule has 0 saturated carbocycles. The molecule has 1 rings (SSSR count). The van der Waals surface area contributed by atoms with E-state index in [1.54, 1.807) is 13.8 Å². The molecule has 0 spiro atoms. The van der Waals surface area contributed by atoms with Gasteiger partial charge in [0.1, 0.15) is 5.75 Å². The molecule has 1 amide bonds. The second-order valence-corrected chi connectivity index (χ2v) is 6.60. The Labute approximate surface area is 125 Å². The Balaban J connectivity index is 2.60. The van der Waals surface area contributed by atoms with Crippen molar-refractivity contribution < 1.29 is 17.9 Å². The van der Waals surface area contributed by atoms with Gasteiger partial charge >= 0.3 is 0 Å². The number of ether oxygens (including phenoxy) is 1. The number of hydrogen-bond acceptors (Lipinski definition) is 4. The average molecular weight is 314 g/mol. The highest BCUT2D eigenvalue weighted by Gasteiger charge is 2.15. The summed E-state index contributed by atoms with van der Waals surface area (Å²) in [5, 5.41) is 2.69. The van der Waals surface area contributed by atoms with Crippen LogP contribution in [0.15, 0.2) is 29.2 Å². The van der Waals surface area contributed by atoms with Gasteiger partial charge in [-0.3, -0.25) is 4.79 Å². The van der Waals surface area contributed by atoms with Crippen LogP contribution in [0.5, 0.6) is 5.75 Å². The summed E-state index contributed by atoms with van der Waals surface area (Å²) in [5.41, 5.74) is 0. The van der Waals surface area contributed by atoms with Gasteiger partial charge in [0.25, 0.3) is 5.91 Å². The largest absolute Gasteiger partial charge is 0.484 e. The summed E-state index contributed by atoms with van der Waals surface area (Å²) in [4.78, 5) is 11.5. The van der Waals surface area contributed by atoms with E-state index in [0.717, 1.165) is 6.42 Å². The number of benzene rings is 1. The molecule has 0 aromatic heterocycles. The molecule has 1 aromatic rings. The maximum Gasteiger partial charge on any atom is 0.257 e. The molecule has 0 aliphatic heterocycles. The SMILES string of the molecule is CCCNC(=O)COc1ccc(S(=O)(=O)NC(C)C)cc1. The van der Waals surface area contributed by atoms with Gasteiger partial charge in [0.05, 0.1) is 4.90 Å². The number of amides is 1. The van der Waals surface area contributed by atoms with Crippen LogP contribution in [0.25, 0.3) is 0 Å². The normalized spacial score (nSPS) is 11.4. The molecule has 0 atom stereocenters. The molecule has 2 N–H and O–H groups in total. The third kappa shape index (κ3) is 6.14. The molecule has 21 heavy (non-hydrogen) atoms. The van der Waals surface area contributed by atoms with Crippen molar-refractivity contribution in [2.75, 3.05) is 13.2 Å². The summed E-state index contributed by atoms with van der Waals surface area (Å²) in [5.74, 6) is 0.250. The van der Waals surface area contributed by atoms with Crippen LogP contribution < -0.4 is 14.8 Å². The van der Waals surface area contributed by atoms with Gasteiger partial charge in [-0.2, -0.15) is 0 Å². The first-order valence-corrected chi connectivity index (χ1v) is 8.35. The summed E-state index contributed by atoms with van der Waals surface area (Å²) in [6, 6.07) is 5.78. The predicted molar refractivity (Wildman–Crippen MR) is 80.7 cm³/mol.